The first-order valence-electron chi connectivity index (χ1n) is 9.19. The minimum atomic E-state index is -3.79. The van der Waals surface area contributed by atoms with Gasteiger partial charge in [-0.2, -0.15) is 0 Å². The van der Waals surface area contributed by atoms with Gasteiger partial charge in [0.25, 0.3) is 0 Å². The lowest BCUT2D eigenvalue weighted by Gasteiger charge is -2.15. The second-order valence-corrected chi connectivity index (χ2v) is 8.74. The summed E-state index contributed by atoms with van der Waals surface area (Å²) < 4.78 is 32.7. The molecule has 1 heterocycles. The van der Waals surface area contributed by atoms with Crippen molar-refractivity contribution in [2.45, 2.75) is 42.7 Å². The molecule has 1 saturated heterocycles. The minimum absolute atomic E-state index is 0.0925. The standard InChI is InChI=1S/C20H24N2O6S/c1-13-7-9-15(10-8-13)29(26,27)21-12-17-20(25)19(24)16(28-17)11-18(23)22-14-5-3-2-4-6-14/h2-10,16-17,19-21,24-25H,11-12H2,1H3,(H,22,23). The molecule has 4 atom stereocenters. The molecule has 0 aromatic heterocycles. The number of carbonyl (C=O) groups is 1. The number of aliphatic hydroxyl groups excluding tert-OH is 2. The lowest BCUT2D eigenvalue weighted by molar-refractivity contribution is -0.120. The zero-order chi connectivity index (χ0) is 21.0. The number of rotatable bonds is 7. The predicted octanol–water partition coefficient (Wildman–Crippen LogP) is 0.791. The van der Waals surface area contributed by atoms with Crippen LogP contribution in [0, 0.1) is 6.92 Å². The topological polar surface area (TPSA) is 125 Å². The monoisotopic (exact) mass is 420 g/mol. The van der Waals surface area contributed by atoms with Crippen molar-refractivity contribution >= 4 is 21.6 Å². The van der Waals surface area contributed by atoms with Crippen LogP contribution in [0.2, 0.25) is 0 Å². The maximum Gasteiger partial charge on any atom is 0.240 e. The molecule has 9 heteroatoms. The SMILES string of the molecule is Cc1ccc(S(=O)(=O)NCC2OC(CC(=O)Nc3ccccc3)C(O)C2O)cc1. The summed E-state index contributed by atoms with van der Waals surface area (Å²) in [6.45, 7) is 1.62. The number of ether oxygens (including phenoxy) is 1. The first-order valence-corrected chi connectivity index (χ1v) is 10.7. The Hall–Kier alpha value is -2.30. The molecule has 0 bridgehead atoms. The highest BCUT2D eigenvalue weighted by Crippen LogP contribution is 2.24. The number of nitrogens with one attached hydrogen (secondary N) is 2. The van der Waals surface area contributed by atoms with Gasteiger partial charge < -0.3 is 20.3 Å². The van der Waals surface area contributed by atoms with E-state index in [9.17, 15) is 23.4 Å². The van der Waals surface area contributed by atoms with Gasteiger partial charge in [0.2, 0.25) is 15.9 Å². The molecule has 0 aliphatic carbocycles. The van der Waals surface area contributed by atoms with Crippen molar-refractivity contribution < 1.29 is 28.2 Å². The molecule has 156 valence electrons. The van der Waals surface area contributed by atoms with Crippen molar-refractivity contribution in [3.05, 3.63) is 60.2 Å². The number of hydrogen-bond donors (Lipinski definition) is 4. The van der Waals surface area contributed by atoms with Crippen LogP contribution < -0.4 is 10.0 Å². The maximum absolute atomic E-state index is 12.4. The summed E-state index contributed by atoms with van der Waals surface area (Å²) in [5.74, 6) is -0.381. The fourth-order valence-electron chi connectivity index (χ4n) is 3.07. The second-order valence-electron chi connectivity index (χ2n) is 6.98. The lowest BCUT2D eigenvalue weighted by atomic mass is 10.1. The molecular formula is C20H24N2O6S. The Morgan fingerprint density at radius 2 is 1.62 bits per heavy atom. The number of amides is 1. The van der Waals surface area contributed by atoms with Crippen LogP contribution in [0.5, 0.6) is 0 Å². The van der Waals surface area contributed by atoms with Crippen LogP contribution in [-0.2, 0) is 19.6 Å². The fraction of sp³-hybridized carbons (Fsp3) is 0.350. The Kier molecular flexibility index (Phi) is 6.66. The van der Waals surface area contributed by atoms with Gasteiger partial charge in [0.1, 0.15) is 18.3 Å². The Labute approximate surface area is 169 Å². The molecule has 2 aromatic carbocycles. The Balaban J connectivity index is 1.56. The van der Waals surface area contributed by atoms with Crippen LogP contribution in [0.15, 0.2) is 59.5 Å². The average molecular weight is 420 g/mol. The zero-order valence-electron chi connectivity index (χ0n) is 15.9. The van der Waals surface area contributed by atoms with Crippen LogP contribution in [-0.4, -0.2) is 55.5 Å². The van der Waals surface area contributed by atoms with Gasteiger partial charge >= 0.3 is 0 Å². The summed E-state index contributed by atoms with van der Waals surface area (Å²) in [6, 6.07) is 15.1. The molecule has 4 unspecified atom stereocenters. The number of sulfonamides is 1. The van der Waals surface area contributed by atoms with Gasteiger partial charge in [-0.3, -0.25) is 4.79 Å². The van der Waals surface area contributed by atoms with E-state index < -0.39 is 34.4 Å². The largest absolute Gasteiger partial charge is 0.388 e. The van der Waals surface area contributed by atoms with E-state index in [1.165, 1.54) is 12.1 Å². The molecule has 0 radical (unpaired) electrons. The van der Waals surface area contributed by atoms with Gasteiger partial charge in [-0.05, 0) is 31.2 Å². The minimum Gasteiger partial charge on any atom is -0.388 e. The molecule has 4 N–H and O–H groups in total. The van der Waals surface area contributed by atoms with Gasteiger partial charge in [0.15, 0.2) is 0 Å². The number of aliphatic hydroxyl groups is 2. The molecule has 1 fully saturated rings. The number of para-hydroxylation sites is 1. The second kappa shape index (κ2) is 9.02. The van der Waals surface area contributed by atoms with E-state index in [2.05, 4.69) is 10.0 Å². The highest BCUT2D eigenvalue weighted by Gasteiger charge is 2.43. The van der Waals surface area contributed by atoms with Crippen molar-refractivity contribution in [2.24, 2.45) is 0 Å². The molecular weight excluding hydrogens is 396 g/mol. The highest BCUT2D eigenvalue weighted by atomic mass is 32.2. The van der Waals surface area contributed by atoms with E-state index in [0.717, 1.165) is 5.56 Å². The third kappa shape index (κ3) is 5.40. The summed E-state index contributed by atoms with van der Waals surface area (Å²) in [7, 11) is -3.79. The molecule has 2 aromatic rings. The van der Waals surface area contributed by atoms with Crippen molar-refractivity contribution in [1.29, 1.82) is 0 Å². The van der Waals surface area contributed by atoms with Gasteiger partial charge in [0.05, 0.1) is 17.4 Å². The van der Waals surface area contributed by atoms with Crippen molar-refractivity contribution in [1.82, 2.24) is 4.72 Å². The number of carbonyl (C=O) groups excluding carboxylic acids is 1. The first-order chi connectivity index (χ1) is 13.8. The van der Waals surface area contributed by atoms with E-state index in [1.807, 2.05) is 13.0 Å². The molecule has 3 rings (SSSR count). The Bertz CT molecular complexity index is 933. The van der Waals surface area contributed by atoms with E-state index in [1.54, 1.807) is 36.4 Å². The van der Waals surface area contributed by atoms with E-state index >= 15 is 0 Å². The summed E-state index contributed by atoms with van der Waals surface area (Å²) in [5.41, 5.74) is 1.53. The summed E-state index contributed by atoms with van der Waals surface area (Å²) in [6.07, 6.45) is -4.70. The van der Waals surface area contributed by atoms with Crippen molar-refractivity contribution in [3.8, 4) is 0 Å². The lowest BCUT2D eigenvalue weighted by Crippen LogP contribution is -2.40. The third-order valence-corrected chi connectivity index (χ3v) is 6.15. The van der Waals surface area contributed by atoms with Gasteiger partial charge in [-0.1, -0.05) is 35.9 Å². The van der Waals surface area contributed by atoms with Crippen molar-refractivity contribution in [3.63, 3.8) is 0 Å². The molecule has 1 aliphatic rings. The van der Waals surface area contributed by atoms with Gasteiger partial charge in [-0.15, -0.1) is 0 Å². The predicted molar refractivity (Wildman–Crippen MR) is 107 cm³/mol. The molecule has 0 saturated carbocycles. The van der Waals surface area contributed by atoms with Crippen LogP contribution in [0.3, 0.4) is 0 Å². The molecule has 8 nitrogen and oxygen atoms in total. The van der Waals surface area contributed by atoms with E-state index in [4.69, 9.17) is 4.74 Å². The maximum atomic E-state index is 12.4. The van der Waals surface area contributed by atoms with Crippen LogP contribution in [0.4, 0.5) is 5.69 Å². The number of aryl methyl sites for hydroxylation is 1. The average Bonchev–Trinajstić information content (AvgIpc) is 2.95. The summed E-state index contributed by atoms with van der Waals surface area (Å²) in [5, 5.41) is 23.1. The van der Waals surface area contributed by atoms with Crippen LogP contribution in [0.25, 0.3) is 0 Å². The van der Waals surface area contributed by atoms with Crippen molar-refractivity contribution in [2.75, 3.05) is 11.9 Å². The number of hydrogen-bond acceptors (Lipinski definition) is 6. The van der Waals surface area contributed by atoms with E-state index in [-0.39, 0.29) is 23.8 Å². The van der Waals surface area contributed by atoms with Gasteiger partial charge in [0, 0.05) is 12.2 Å². The quantitative estimate of drug-likeness (QED) is 0.525. The number of anilines is 1. The smallest absolute Gasteiger partial charge is 0.240 e. The molecule has 0 spiro atoms. The van der Waals surface area contributed by atoms with Gasteiger partial charge in [-0.25, -0.2) is 13.1 Å². The fourth-order valence-corrected chi connectivity index (χ4v) is 4.12. The molecule has 1 aliphatic heterocycles. The first kappa shape index (κ1) is 21.4. The third-order valence-electron chi connectivity index (χ3n) is 4.71. The highest BCUT2D eigenvalue weighted by molar-refractivity contribution is 7.89. The molecule has 29 heavy (non-hydrogen) atoms. The molecule has 1 amide bonds. The van der Waals surface area contributed by atoms with Crippen LogP contribution >= 0.6 is 0 Å². The Morgan fingerprint density at radius 1 is 1.00 bits per heavy atom. The summed E-state index contributed by atoms with van der Waals surface area (Å²) >= 11 is 0. The number of benzene rings is 2. The zero-order valence-corrected chi connectivity index (χ0v) is 16.7. The Morgan fingerprint density at radius 3 is 2.28 bits per heavy atom. The van der Waals surface area contributed by atoms with Crippen LogP contribution in [0.1, 0.15) is 12.0 Å². The normalized spacial score (nSPS) is 24.4. The summed E-state index contributed by atoms with van der Waals surface area (Å²) in [4.78, 5) is 12.3. The van der Waals surface area contributed by atoms with E-state index in [0.29, 0.717) is 5.69 Å².